The molecule has 0 saturated carbocycles. The van der Waals surface area contributed by atoms with Crippen LogP contribution in [0.5, 0.6) is 5.75 Å². The van der Waals surface area contributed by atoms with Crippen molar-refractivity contribution >= 4 is 5.65 Å². The maximum atomic E-state index is 5.95. The van der Waals surface area contributed by atoms with Gasteiger partial charge in [-0.25, -0.2) is 4.98 Å². The van der Waals surface area contributed by atoms with E-state index in [4.69, 9.17) is 15.5 Å². The Kier molecular flexibility index (Phi) is 3.88. The van der Waals surface area contributed by atoms with Gasteiger partial charge in [0.25, 0.3) is 0 Å². The van der Waals surface area contributed by atoms with Crippen molar-refractivity contribution in [3.63, 3.8) is 0 Å². The minimum Gasteiger partial charge on any atom is -0.490 e. The predicted molar refractivity (Wildman–Crippen MR) is 84.3 cm³/mol. The first-order chi connectivity index (χ1) is 10.3. The summed E-state index contributed by atoms with van der Waals surface area (Å²) in [4.78, 5) is 4.76. The average Bonchev–Trinajstić information content (AvgIpc) is 2.92. The van der Waals surface area contributed by atoms with Crippen LogP contribution in [0.25, 0.3) is 16.9 Å². The number of imidazole rings is 1. The summed E-state index contributed by atoms with van der Waals surface area (Å²) in [5, 5.41) is 0. The van der Waals surface area contributed by atoms with Crippen LogP contribution in [0.15, 0.2) is 48.7 Å². The number of hydrogen-bond acceptors (Lipinski definition) is 3. The highest BCUT2D eigenvalue weighted by atomic mass is 16.5. The molecular formula is C17H19N3O. The molecule has 108 valence electrons. The second-order valence-corrected chi connectivity index (χ2v) is 4.89. The molecule has 0 bridgehead atoms. The normalized spacial score (nSPS) is 11.0. The molecule has 0 spiro atoms. The molecule has 21 heavy (non-hydrogen) atoms. The maximum Gasteiger partial charge on any atom is 0.180 e. The fourth-order valence-corrected chi connectivity index (χ4v) is 2.44. The Morgan fingerprint density at radius 2 is 1.95 bits per heavy atom. The molecular weight excluding hydrogens is 262 g/mol. The number of benzene rings is 1. The lowest BCUT2D eigenvalue weighted by Crippen LogP contribution is -2.03. The molecule has 4 nitrogen and oxygen atoms in total. The molecule has 0 aliphatic carbocycles. The summed E-state index contributed by atoms with van der Waals surface area (Å²) in [6.07, 6.45) is 2.95. The van der Waals surface area contributed by atoms with Crippen molar-refractivity contribution in [2.45, 2.75) is 19.9 Å². The molecule has 0 amide bonds. The second-order valence-electron chi connectivity index (χ2n) is 4.89. The van der Waals surface area contributed by atoms with E-state index in [1.54, 1.807) is 0 Å². The van der Waals surface area contributed by atoms with Gasteiger partial charge in [0.1, 0.15) is 0 Å². The molecule has 2 aromatic heterocycles. The molecule has 0 aliphatic heterocycles. The van der Waals surface area contributed by atoms with E-state index in [-0.39, 0.29) is 0 Å². The van der Waals surface area contributed by atoms with Gasteiger partial charge in [-0.15, -0.1) is 0 Å². The summed E-state index contributed by atoms with van der Waals surface area (Å²) in [7, 11) is 0. The van der Waals surface area contributed by atoms with E-state index in [0.717, 1.165) is 34.8 Å². The number of nitrogens with two attached hydrogens (primary N) is 1. The summed E-state index contributed by atoms with van der Waals surface area (Å²) in [5.74, 6) is 0.802. The molecule has 0 saturated heterocycles. The summed E-state index contributed by atoms with van der Waals surface area (Å²) in [6.45, 7) is 3.21. The van der Waals surface area contributed by atoms with Crippen LogP contribution < -0.4 is 10.5 Å². The lowest BCUT2D eigenvalue weighted by molar-refractivity contribution is 0.319. The first-order valence-electron chi connectivity index (χ1n) is 7.23. The quantitative estimate of drug-likeness (QED) is 0.781. The van der Waals surface area contributed by atoms with Gasteiger partial charge in [0, 0.05) is 18.3 Å². The minimum absolute atomic E-state index is 0.433. The lowest BCUT2D eigenvalue weighted by Gasteiger charge is -2.06. The summed E-state index contributed by atoms with van der Waals surface area (Å²) < 4.78 is 7.81. The number of hydrogen-bond donors (Lipinski definition) is 1. The molecule has 0 unspecified atom stereocenters. The van der Waals surface area contributed by atoms with Crippen molar-refractivity contribution < 1.29 is 4.74 Å². The largest absolute Gasteiger partial charge is 0.490 e. The van der Waals surface area contributed by atoms with E-state index in [1.165, 1.54) is 0 Å². The molecule has 1 aromatic carbocycles. The van der Waals surface area contributed by atoms with Crippen LogP contribution in [-0.2, 0) is 6.54 Å². The Morgan fingerprint density at radius 3 is 2.67 bits per heavy atom. The zero-order valence-electron chi connectivity index (χ0n) is 12.1. The topological polar surface area (TPSA) is 52.5 Å². The molecule has 3 aromatic rings. The van der Waals surface area contributed by atoms with Crippen molar-refractivity contribution in [3.05, 3.63) is 54.4 Å². The van der Waals surface area contributed by atoms with E-state index in [9.17, 15) is 0 Å². The van der Waals surface area contributed by atoms with Crippen molar-refractivity contribution in [1.82, 2.24) is 9.38 Å². The Morgan fingerprint density at radius 1 is 1.14 bits per heavy atom. The van der Waals surface area contributed by atoms with E-state index in [2.05, 4.69) is 6.92 Å². The second kappa shape index (κ2) is 5.97. The maximum absolute atomic E-state index is 5.95. The number of fused-ring (bicyclic) bond motifs is 1. The SMILES string of the molecule is CCCOc1cccn2c(CN)c(-c3ccccc3)nc12. The fourth-order valence-electron chi connectivity index (χ4n) is 2.44. The Balaban J connectivity index is 2.18. The van der Waals surface area contributed by atoms with Crippen LogP contribution in [0.4, 0.5) is 0 Å². The van der Waals surface area contributed by atoms with E-state index >= 15 is 0 Å². The van der Waals surface area contributed by atoms with Gasteiger partial charge in [0.05, 0.1) is 18.0 Å². The van der Waals surface area contributed by atoms with Crippen molar-refractivity contribution in [3.8, 4) is 17.0 Å². The Labute approximate surface area is 124 Å². The van der Waals surface area contributed by atoms with E-state index in [1.807, 2.05) is 53.1 Å². The van der Waals surface area contributed by atoms with Gasteiger partial charge < -0.3 is 10.5 Å². The Hall–Kier alpha value is -2.33. The van der Waals surface area contributed by atoms with E-state index < -0.39 is 0 Å². The molecule has 3 rings (SSSR count). The first kappa shape index (κ1) is 13.6. The monoisotopic (exact) mass is 281 g/mol. The Bertz CT molecular complexity index is 734. The van der Waals surface area contributed by atoms with Crippen LogP contribution in [0.2, 0.25) is 0 Å². The van der Waals surface area contributed by atoms with Crippen LogP contribution in [0, 0.1) is 0 Å². The molecule has 0 radical (unpaired) electrons. The number of pyridine rings is 1. The average molecular weight is 281 g/mol. The zero-order chi connectivity index (χ0) is 14.7. The third kappa shape index (κ3) is 2.50. The minimum atomic E-state index is 0.433. The number of rotatable bonds is 5. The van der Waals surface area contributed by atoms with Crippen LogP contribution in [-0.4, -0.2) is 16.0 Å². The molecule has 0 aliphatic rings. The third-order valence-corrected chi connectivity index (χ3v) is 3.42. The molecule has 0 atom stereocenters. The van der Waals surface area contributed by atoms with Crippen molar-refractivity contribution in [2.75, 3.05) is 6.61 Å². The third-order valence-electron chi connectivity index (χ3n) is 3.42. The molecule has 2 heterocycles. The van der Waals surface area contributed by atoms with Crippen LogP contribution in [0.3, 0.4) is 0 Å². The smallest absolute Gasteiger partial charge is 0.180 e. The van der Waals surface area contributed by atoms with Gasteiger partial charge in [0.15, 0.2) is 11.4 Å². The first-order valence-corrected chi connectivity index (χ1v) is 7.23. The molecule has 4 heteroatoms. The zero-order valence-corrected chi connectivity index (χ0v) is 12.1. The van der Waals surface area contributed by atoms with E-state index in [0.29, 0.717) is 13.2 Å². The highest BCUT2D eigenvalue weighted by Crippen LogP contribution is 2.28. The molecule has 0 fully saturated rings. The van der Waals surface area contributed by atoms with Crippen molar-refractivity contribution in [1.29, 1.82) is 0 Å². The van der Waals surface area contributed by atoms with Gasteiger partial charge >= 0.3 is 0 Å². The number of aromatic nitrogens is 2. The highest BCUT2D eigenvalue weighted by molar-refractivity contribution is 5.69. The highest BCUT2D eigenvalue weighted by Gasteiger charge is 2.15. The standard InChI is InChI=1S/C17H19N3O/c1-2-11-21-15-9-6-10-20-14(12-18)16(19-17(15)20)13-7-4-3-5-8-13/h3-10H,2,11-12,18H2,1H3. The number of ether oxygens (including phenoxy) is 1. The summed E-state index contributed by atoms with van der Waals surface area (Å²) >= 11 is 0. The predicted octanol–water partition coefficient (Wildman–Crippen LogP) is 3.25. The van der Waals surface area contributed by atoms with Gasteiger partial charge in [-0.05, 0) is 18.6 Å². The van der Waals surface area contributed by atoms with Crippen LogP contribution in [0.1, 0.15) is 19.0 Å². The molecule has 2 N–H and O–H groups in total. The summed E-state index contributed by atoms with van der Waals surface area (Å²) in [5.41, 5.74) is 9.76. The fraction of sp³-hybridized carbons (Fsp3) is 0.235. The van der Waals surface area contributed by atoms with Gasteiger partial charge in [-0.2, -0.15) is 0 Å². The van der Waals surface area contributed by atoms with Gasteiger partial charge in [-0.3, -0.25) is 4.40 Å². The van der Waals surface area contributed by atoms with Gasteiger partial charge in [-0.1, -0.05) is 37.3 Å². The van der Waals surface area contributed by atoms with Crippen LogP contribution >= 0.6 is 0 Å². The number of nitrogens with zero attached hydrogens (tertiary/aromatic N) is 2. The van der Waals surface area contributed by atoms with Crippen molar-refractivity contribution in [2.24, 2.45) is 5.73 Å². The summed E-state index contributed by atoms with van der Waals surface area (Å²) in [6, 6.07) is 14.0. The lowest BCUT2D eigenvalue weighted by atomic mass is 10.1. The van der Waals surface area contributed by atoms with Gasteiger partial charge in [0.2, 0.25) is 0 Å².